The van der Waals surface area contributed by atoms with Crippen LogP contribution in [0.1, 0.15) is 11.3 Å². The monoisotopic (exact) mass is 243 g/mol. The average Bonchev–Trinajstić information content (AvgIpc) is 2.33. The zero-order valence-corrected chi connectivity index (χ0v) is 9.64. The van der Waals surface area contributed by atoms with Crippen LogP contribution >= 0.6 is 0 Å². The lowest BCUT2D eigenvalue weighted by molar-refractivity contribution is 0.457. The van der Waals surface area contributed by atoms with E-state index in [-0.39, 0.29) is 17.3 Å². The van der Waals surface area contributed by atoms with E-state index in [1.807, 2.05) is 6.07 Å². The zero-order chi connectivity index (χ0) is 13.1. The Hall–Kier alpha value is -2.61. The molecule has 18 heavy (non-hydrogen) atoms. The van der Waals surface area contributed by atoms with Gasteiger partial charge in [0.25, 0.3) is 0 Å². The van der Waals surface area contributed by atoms with E-state index in [0.717, 1.165) is 0 Å². The van der Waals surface area contributed by atoms with Crippen molar-refractivity contribution in [2.75, 3.05) is 5.73 Å². The van der Waals surface area contributed by atoms with Gasteiger partial charge in [0, 0.05) is 17.8 Å². The van der Waals surface area contributed by atoms with Gasteiger partial charge in [-0.05, 0) is 25.1 Å². The van der Waals surface area contributed by atoms with E-state index in [1.54, 1.807) is 13.0 Å². The molecule has 0 fully saturated rings. The molecule has 0 bridgehead atoms. The third kappa shape index (κ3) is 2.55. The van der Waals surface area contributed by atoms with Crippen LogP contribution in [0.3, 0.4) is 0 Å². The Balaban J connectivity index is 2.31. The Morgan fingerprint density at radius 1 is 1.33 bits per heavy atom. The van der Waals surface area contributed by atoms with E-state index in [2.05, 4.69) is 4.98 Å². The van der Waals surface area contributed by atoms with E-state index in [1.165, 1.54) is 24.3 Å². The molecule has 0 aliphatic carbocycles. The molecule has 0 aliphatic rings. The number of aromatic nitrogens is 1. The van der Waals surface area contributed by atoms with E-state index >= 15 is 0 Å². The van der Waals surface area contributed by atoms with Gasteiger partial charge in [-0.15, -0.1) is 0 Å². The van der Waals surface area contributed by atoms with Gasteiger partial charge in [0.15, 0.2) is 0 Å². The van der Waals surface area contributed by atoms with Crippen molar-refractivity contribution in [3.8, 4) is 17.7 Å². The Labute approximate surface area is 103 Å². The molecule has 4 nitrogen and oxygen atoms in total. The highest BCUT2D eigenvalue weighted by Crippen LogP contribution is 2.23. The number of anilines is 1. The lowest BCUT2D eigenvalue weighted by atomic mass is 10.2. The van der Waals surface area contributed by atoms with Crippen LogP contribution in [-0.2, 0) is 0 Å². The molecule has 1 heterocycles. The molecule has 0 amide bonds. The van der Waals surface area contributed by atoms with Gasteiger partial charge in [0.2, 0.25) is 5.88 Å². The normalized spacial score (nSPS) is 9.83. The second-order valence-corrected chi connectivity index (χ2v) is 3.73. The van der Waals surface area contributed by atoms with E-state index in [9.17, 15) is 4.39 Å². The number of benzene rings is 1. The number of halogens is 1. The van der Waals surface area contributed by atoms with Gasteiger partial charge in [-0.1, -0.05) is 0 Å². The van der Waals surface area contributed by atoms with Gasteiger partial charge >= 0.3 is 0 Å². The van der Waals surface area contributed by atoms with E-state index in [4.69, 9.17) is 15.7 Å². The summed E-state index contributed by atoms with van der Waals surface area (Å²) >= 11 is 0. The van der Waals surface area contributed by atoms with Crippen LogP contribution in [-0.4, -0.2) is 4.98 Å². The van der Waals surface area contributed by atoms with Crippen LogP contribution in [0.5, 0.6) is 11.6 Å². The van der Waals surface area contributed by atoms with Gasteiger partial charge in [-0.3, -0.25) is 0 Å². The fraction of sp³-hybridized carbons (Fsp3) is 0.0769. The number of hydrogen-bond donors (Lipinski definition) is 1. The molecule has 0 unspecified atom stereocenters. The van der Waals surface area contributed by atoms with Gasteiger partial charge in [0.1, 0.15) is 11.6 Å². The molecule has 0 atom stereocenters. The van der Waals surface area contributed by atoms with Crippen molar-refractivity contribution >= 4 is 5.69 Å². The number of ether oxygens (including phenoxy) is 1. The first kappa shape index (κ1) is 11.9. The summed E-state index contributed by atoms with van der Waals surface area (Å²) in [6, 6.07) is 9.24. The largest absolute Gasteiger partial charge is 0.439 e. The number of pyridine rings is 1. The van der Waals surface area contributed by atoms with E-state index < -0.39 is 5.82 Å². The molecular formula is C13H10FN3O. The van der Waals surface area contributed by atoms with Gasteiger partial charge in [0.05, 0.1) is 17.3 Å². The Kier molecular flexibility index (Phi) is 3.11. The fourth-order valence-electron chi connectivity index (χ4n) is 1.45. The molecule has 0 spiro atoms. The summed E-state index contributed by atoms with van der Waals surface area (Å²) in [5, 5.41) is 8.82. The number of aryl methyl sites for hydroxylation is 1. The number of hydrogen-bond acceptors (Lipinski definition) is 4. The molecule has 1 aromatic heterocycles. The Morgan fingerprint density at radius 3 is 2.78 bits per heavy atom. The number of nitrogens with two attached hydrogens (primary N) is 1. The molecule has 2 aromatic rings. The quantitative estimate of drug-likeness (QED) is 0.823. The number of nitriles is 1. The zero-order valence-electron chi connectivity index (χ0n) is 9.64. The molecule has 1 aromatic carbocycles. The van der Waals surface area contributed by atoms with Gasteiger partial charge < -0.3 is 10.5 Å². The topological polar surface area (TPSA) is 71.9 Å². The van der Waals surface area contributed by atoms with Crippen molar-refractivity contribution in [3.63, 3.8) is 0 Å². The Morgan fingerprint density at radius 2 is 2.11 bits per heavy atom. The maximum absolute atomic E-state index is 13.2. The van der Waals surface area contributed by atoms with Crippen molar-refractivity contribution in [1.82, 2.24) is 4.98 Å². The SMILES string of the molecule is Cc1cc(C#N)cc(Oc2ccc(N)c(F)c2)n1. The third-order valence-corrected chi connectivity index (χ3v) is 2.25. The smallest absolute Gasteiger partial charge is 0.220 e. The first-order valence-electron chi connectivity index (χ1n) is 5.20. The number of nitrogens with zero attached hydrogens (tertiary/aromatic N) is 2. The summed E-state index contributed by atoms with van der Waals surface area (Å²) in [5.41, 5.74) is 6.51. The summed E-state index contributed by atoms with van der Waals surface area (Å²) in [7, 11) is 0. The summed E-state index contributed by atoms with van der Waals surface area (Å²) in [4.78, 5) is 4.10. The molecule has 0 aliphatic heterocycles. The summed E-state index contributed by atoms with van der Waals surface area (Å²) in [6.45, 7) is 1.75. The number of rotatable bonds is 2. The molecular weight excluding hydrogens is 233 g/mol. The van der Waals surface area contributed by atoms with Crippen molar-refractivity contribution < 1.29 is 9.13 Å². The van der Waals surface area contributed by atoms with Crippen LogP contribution in [0, 0.1) is 24.1 Å². The van der Waals surface area contributed by atoms with Crippen molar-refractivity contribution in [2.24, 2.45) is 0 Å². The van der Waals surface area contributed by atoms with Crippen LogP contribution in [0.4, 0.5) is 10.1 Å². The summed E-state index contributed by atoms with van der Waals surface area (Å²) < 4.78 is 18.6. The molecule has 0 radical (unpaired) electrons. The lowest BCUT2D eigenvalue weighted by Gasteiger charge is -2.06. The van der Waals surface area contributed by atoms with Crippen LogP contribution in [0.15, 0.2) is 30.3 Å². The van der Waals surface area contributed by atoms with Crippen LogP contribution in [0.25, 0.3) is 0 Å². The standard InChI is InChI=1S/C13H10FN3O/c1-8-4-9(7-15)5-13(17-8)18-10-2-3-12(16)11(14)6-10/h2-6H,16H2,1H3. The molecule has 2 rings (SSSR count). The minimum atomic E-state index is -0.555. The highest BCUT2D eigenvalue weighted by atomic mass is 19.1. The Bertz CT molecular complexity index is 635. The average molecular weight is 243 g/mol. The fourth-order valence-corrected chi connectivity index (χ4v) is 1.45. The second kappa shape index (κ2) is 4.72. The van der Waals surface area contributed by atoms with Gasteiger partial charge in [-0.25, -0.2) is 9.37 Å². The van der Waals surface area contributed by atoms with Crippen molar-refractivity contribution in [3.05, 3.63) is 47.4 Å². The van der Waals surface area contributed by atoms with E-state index in [0.29, 0.717) is 11.3 Å². The lowest BCUT2D eigenvalue weighted by Crippen LogP contribution is -1.94. The van der Waals surface area contributed by atoms with Crippen LogP contribution < -0.4 is 10.5 Å². The number of nitrogen functional groups attached to an aromatic ring is 1. The highest BCUT2D eigenvalue weighted by Gasteiger charge is 2.05. The molecule has 5 heteroatoms. The summed E-state index contributed by atoms with van der Waals surface area (Å²) in [6.07, 6.45) is 0. The highest BCUT2D eigenvalue weighted by molar-refractivity contribution is 5.44. The third-order valence-electron chi connectivity index (χ3n) is 2.25. The van der Waals surface area contributed by atoms with Gasteiger partial charge in [-0.2, -0.15) is 5.26 Å². The van der Waals surface area contributed by atoms with Crippen molar-refractivity contribution in [1.29, 1.82) is 5.26 Å². The molecule has 0 saturated carbocycles. The molecule has 90 valence electrons. The maximum Gasteiger partial charge on any atom is 0.220 e. The predicted molar refractivity (Wildman–Crippen MR) is 64.6 cm³/mol. The maximum atomic E-state index is 13.2. The first-order valence-corrected chi connectivity index (χ1v) is 5.20. The first-order chi connectivity index (χ1) is 8.58. The minimum absolute atomic E-state index is 0.0530. The van der Waals surface area contributed by atoms with Crippen molar-refractivity contribution in [2.45, 2.75) is 6.92 Å². The molecule has 2 N–H and O–H groups in total. The minimum Gasteiger partial charge on any atom is -0.439 e. The second-order valence-electron chi connectivity index (χ2n) is 3.73. The summed E-state index contributed by atoms with van der Waals surface area (Å²) in [5.74, 6) is -0.0277. The van der Waals surface area contributed by atoms with Crippen LogP contribution in [0.2, 0.25) is 0 Å². The molecule has 0 saturated heterocycles. The predicted octanol–water partition coefficient (Wildman–Crippen LogP) is 2.78.